The predicted octanol–water partition coefficient (Wildman–Crippen LogP) is 1.68. The first-order chi connectivity index (χ1) is 11.6. The van der Waals surface area contributed by atoms with Gasteiger partial charge < -0.3 is 14.7 Å². The van der Waals surface area contributed by atoms with Gasteiger partial charge in [0.05, 0.1) is 11.5 Å². The third kappa shape index (κ3) is 3.97. The van der Waals surface area contributed by atoms with E-state index in [0.717, 1.165) is 44.6 Å². The second kappa shape index (κ2) is 7.64. The first kappa shape index (κ1) is 17.4. The summed E-state index contributed by atoms with van der Waals surface area (Å²) < 4.78 is 5.40. The summed E-state index contributed by atoms with van der Waals surface area (Å²) in [5.74, 6) is 0.272. The highest BCUT2D eigenvalue weighted by atomic mass is 16.5. The van der Waals surface area contributed by atoms with Gasteiger partial charge in [-0.1, -0.05) is 37.3 Å². The average Bonchev–Trinajstić information content (AvgIpc) is 2.63. The van der Waals surface area contributed by atoms with Crippen LogP contribution < -0.4 is 0 Å². The molecule has 5 heteroatoms. The fraction of sp³-hybridized carbons (Fsp3) is 0.632. The third-order valence-electron chi connectivity index (χ3n) is 5.39. The van der Waals surface area contributed by atoms with E-state index < -0.39 is 6.10 Å². The Balaban J connectivity index is 1.49. The number of benzene rings is 1. The van der Waals surface area contributed by atoms with E-state index in [0.29, 0.717) is 19.8 Å². The van der Waals surface area contributed by atoms with Crippen LogP contribution in [0.4, 0.5) is 0 Å². The zero-order chi connectivity index (χ0) is 17.0. The number of ether oxygens (including phenoxy) is 1. The molecule has 2 aliphatic heterocycles. The molecular weight excluding hydrogens is 304 g/mol. The lowest BCUT2D eigenvalue weighted by Gasteiger charge is -2.41. The zero-order valence-electron chi connectivity index (χ0n) is 14.5. The number of aliphatic hydroxyl groups excluding tert-OH is 1. The summed E-state index contributed by atoms with van der Waals surface area (Å²) in [6, 6.07) is 9.76. The summed E-state index contributed by atoms with van der Waals surface area (Å²) in [5.41, 5.74) is 0.690. The molecule has 2 saturated heterocycles. The summed E-state index contributed by atoms with van der Waals surface area (Å²) in [4.78, 5) is 17.1. The monoisotopic (exact) mass is 332 g/mol. The van der Waals surface area contributed by atoms with Crippen LogP contribution in [0.5, 0.6) is 0 Å². The zero-order valence-corrected chi connectivity index (χ0v) is 14.5. The molecule has 0 spiro atoms. The number of aliphatic hydroxyl groups is 1. The molecule has 1 amide bonds. The van der Waals surface area contributed by atoms with Crippen molar-refractivity contribution in [2.24, 2.45) is 5.41 Å². The number of amides is 1. The van der Waals surface area contributed by atoms with Crippen LogP contribution in [0, 0.1) is 5.41 Å². The number of hydrogen-bond donors (Lipinski definition) is 1. The van der Waals surface area contributed by atoms with Crippen molar-refractivity contribution < 1.29 is 14.6 Å². The van der Waals surface area contributed by atoms with Gasteiger partial charge in [0.15, 0.2) is 0 Å². The van der Waals surface area contributed by atoms with Crippen molar-refractivity contribution in [1.82, 2.24) is 9.80 Å². The molecule has 3 rings (SSSR count). The first-order valence-electron chi connectivity index (χ1n) is 8.91. The van der Waals surface area contributed by atoms with E-state index in [1.54, 1.807) is 0 Å². The van der Waals surface area contributed by atoms with Crippen molar-refractivity contribution in [1.29, 1.82) is 0 Å². The Bertz CT molecular complexity index is 535. The summed E-state index contributed by atoms with van der Waals surface area (Å²) in [6.07, 6.45) is 1.17. The van der Waals surface area contributed by atoms with E-state index in [2.05, 4.69) is 11.8 Å². The van der Waals surface area contributed by atoms with E-state index in [1.807, 2.05) is 35.2 Å². The van der Waals surface area contributed by atoms with Crippen LogP contribution in [-0.2, 0) is 9.53 Å². The Hall–Kier alpha value is -1.43. The molecular formula is C19H28N2O3. The molecule has 0 unspecified atom stereocenters. The van der Waals surface area contributed by atoms with Crippen molar-refractivity contribution in [2.75, 3.05) is 45.9 Å². The maximum Gasteiger partial charge on any atom is 0.228 e. The van der Waals surface area contributed by atoms with Crippen LogP contribution in [0.25, 0.3) is 0 Å². The lowest BCUT2D eigenvalue weighted by atomic mass is 9.81. The van der Waals surface area contributed by atoms with Gasteiger partial charge in [0.25, 0.3) is 0 Å². The second-order valence-corrected chi connectivity index (χ2v) is 7.19. The molecule has 0 radical (unpaired) electrons. The topological polar surface area (TPSA) is 53.0 Å². The predicted molar refractivity (Wildman–Crippen MR) is 92.6 cm³/mol. The molecule has 1 aromatic rings. The van der Waals surface area contributed by atoms with Crippen LogP contribution in [0.3, 0.4) is 0 Å². The van der Waals surface area contributed by atoms with E-state index in [1.165, 1.54) is 0 Å². The Morgan fingerprint density at radius 2 is 1.79 bits per heavy atom. The molecule has 1 atom stereocenters. The molecule has 1 aromatic carbocycles. The molecule has 1 N–H and O–H groups in total. The minimum Gasteiger partial charge on any atom is -0.387 e. The Morgan fingerprint density at radius 1 is 1.17 bits per heavy atom. The lowest BCUT2D eigenvalue weighted by molar-refractivity contribution is -0.148. The van der Waals surface area contributed by atoms with Crippen molar-refractivity contribution in [3.05, 3.63) is 35.9 Å². The first-order valence-corrected chi connectivity index (χ1v) is 8.91. The summed E-state index contributed by atoms with van der Waals surface area (Å²) >= 11 is 0. The molecule has 2 aliphatic rings. The molecule has 5 nitrogen and oxygen atoms in total. The van der Waals surface area contributed by atoms with Gasteiger partial charge in [0.2, 0.25) is 5.91 Å². The maximum absolute atomic E-state index is 12.8. The minimum atomic E-state index is -0.471. The fourth-order valence-electron chi connectivity index (χ4n) is 3.58. The van der Waals surface area contributed by atoms with E-state index >= 15 is 0 Å². The highest BCUT2D eigenvalue weighted by Gasteiger charge is 2.39. The fourth-order valence-corrected chi connectivity index (χ4v) is 3.58. The van der Waals surface area contributed by atoms with Crippen molar-refractivity contribution >= 4 is 5.91 Å². The quantitative estimate of drug-likeness (QED) is 0.911. The molecule has 2 fully saturated rings. The van der Waals surface area contributed by atoms with E-state index in [-0.39, 0.29) is 11.3 Å². The second-order valence-electron chi connectivity index (χ2n) is 7.19. The number of carbonyl (C=O) groups is 1. The Labute approximate surface area is 144 Å². The molecule has 0 saturated carbocycles. The van der Waals surface area contributed by atoms with Gasteiger partial charge in [-0.25, -0.2) is 0 Å². The number of hydrogen-bond acceptors (Lipinski definition) is 4. The minimum absolute atomic E-state index is 0.260. The lowest BCUT2D eigenvalue weighted by Crippen LogP contribution is -2.54. The summed E-state index contributed by atoms with van der Waals surface area (Å²) in [6.45, 7) is 7.20. The van der Waals surface area contributed by atoms with Gasteiger partial charge in [-0.15, -0.1) is 0 Å². The molecule has 0 bridgehead atoms. The Morgan fingerprint density at radius 3 is 2.42 bits per heavy atom. The van der Waals surface area contributed by atoms with Crippen molar-refractivity contribution in [3.8, 4) is 0 Å². The maximum atomic E-state index is 12.8. The van der Waals surface area contributed by atoms with E-state index in [9.17, 15) is 9.90 Å². The number of β-amino-alcohol motifs (C(OH)–C–C–N with tert-alkyl or cyclic N) is 1. The van der Waals surface area contributed by atoms with Gasteiger partial charge in [0, 0.05) is 45.9 Å². The van der Waals surface area contributed by atoms with Crippen molar-refractivity contribution in [2.45, 2.75) is 25.9 Å². The van der Waals surface area contributed by atoms with Crippen LogP contribution >= 0.6 is 0 Å². The van der Waals surface area contributed by atoms with Gasteiger partial charge in [-0.2, -0.15) is 0 Å². The van der Waals surface area contributed by atoms with Crippen LogP contribution in [0.15, 0.2) is 30.3 Å². The number of carbonyl (C=O) groups excluding carboxylic acids is 1. The normalized spacial score (nSPS) is 23.0. The SMILES string of the molecule is CC1(C(=O)N2CCN(C[C@H](O)c3ccccc3)CC2)CCOCC1. The summed E-state index contributed by atoms with van der Waals surface area (Å²) in [7, 11) is 0. The highest BCUT2D eigenvalue weighted by Crippen LogP contribution is 2.32. The number of rotatable bonds is 4. The smallest absolute Gasteiger partial charge is 0.228 e. The van der Waals surface area contributed by atoms with E-state index in [4.69, 9.17) is 4.74 Å². The van der Waals surface area contributed by atoms with Crippen LogP contribution in [0.1, 0.15) is 31.4 Å². The van der Waals surface area contributed by atoms with Gasteiger partial charge in [-0.3, -0.25) is 9.69 Å². The van der Waals surface area contributed by atoms with Crippen molar-refractivity contribution in [3.63, 3.8) is 0 Å². The summed E-state index contributed by atoms with van der Waals surface area (Å²) in [5, 5.41) is 10.4. The van der Waals surface area contributed by atoms with Crippen LogP contribution in [0.2, 0.25) is 0 Å². The molecule has 0 aromatic heterocycles. The van der Waals surface area contributed by atoms with Gasteiger partial charge in [-0.05, 0) is 18.4 Å². The largest absolute Gasteiger partial charge is 0.387 e. The highest BCUT2D eigenvalue weighted by molar-refractivity contribution is 5.82. The molecule has 132 valence electrons. The molecule has 2 heterocycles. The van der Waals surface area contributed by atoms with Crippen LogP contribution in [-0.4, -0.2) is 66.8 Å². The third-order valence-corrected chi connectivity index (χ3v) is 5.39. The average molecular weight is 332 g/mol. The number of nitrogens with zero attached hydrogens (tertiary/aromatic N) is 2. The standard InChI is InChI=1S/C19H28N2O3/c1-19(7-13-24-14-8-19)18(23)21-11-9-20(10-12-21)15-17(22)16-5-3-2-4-6-16/h2-6,17,22H,7-15H2,1H3/t17-/m0/s1. The van der Waals surface area contributed by atoms with Gasteiger partial charge >= 0.3 is 0 Å². The number of piperazine rings is 1. The van der Waals surface area contributed by atoms with Gasteiger partial charge in [0.1, 0.15) is 0 Å². The Kier molecular flexibility index (Phi) is 5.54. The molecule has 24 heavy (non-hydrogen) atoms. The molecule has 0 aliphatic carbocycles.